The molecule has 6 heteroatoms. The molecule has 1 aliphatic heterocycles. The topological polar surface area (TPSA) is 83.6 Å². The molecule has 0 fully saturated rings. The first-order chi connectivity index (χ1) is 9.49. The van der Waals surface area contributed by atoms with Gasteiger partial charge in [-0.25, -0.2) is 4.79 Å². The van der Waals surface area contributed by atoms with Gasteiger partial charge in [0.05, 0.1) is 12.0 Å². The number of carbonyl (C=O) groups excluding carboxylic acids is 1. The fourth-order valence-electron chi connectivity index (χ4n) is 2.48. The Kier molecular flexibility index (Phi) is 2.60. The maximum absolute atomic E-state index is 11.7. The van der Waals surface area contributed by atoms with Gasteiger partial charge < -0.3 is 14.5 Å². The fourth-order valence-corrected chi connectivity index (χ4v) is 2.48. The van der Waals surface area contributed by atoms with Crippen LogP contribution in [-0.2, 0) is 11.2 Å². The van der Waals surface area contributed by atoms with Crippen LogP contribution in [0.25, 0.3) is 11.1 Å². The van der Waals surface area contributed by atoms with Crippen LogP contribution >= 0.6 is 0 Å². The van der Waals surface area contributed by atoms with Gasteiger partial charge in [0.25, 0.3) is 0 Å². The first-order valence-corrected chi connectivity index (χ1v) is 6.08. The predicted octanol–water partition coefficient (Wildman–Crippen LogP) is 1.87. The number of hydrogen-bond acceptors (Lipinski definition) is 4. The van der Waals surface area contributed by atoms with Crippen molar-refractivity contribution in [1.82, 2.24) is 5.16 Å². The van der Waals surface area contributed by atoms with E-state index in [0.717, 1.165) is 11.3 Å². The second-order valence-corrected chi connectivity index (χ2v) is 4.74. The number of aryl methyl sites for hydroxylation is 1. The summed E-state index contributed by atoms with van der Waals surface area (Å²) in [5, 5.41) is 12.7. The number of benzene rings is 1. The number of carbonyl (C=O) groups is 2. The number of carboxylic acid groups (broad SMARTS) is 1. The van der Waals surface area contributed by atoms with Crippen LogP contribution in [0.5, 0.6) is 0 Å². The predicted molar refractivity (Wildman–Crippen MR) is 70.7 cm³/mol. The average Bonchev–Trinajstić information content (AvgIpc) is 2.91. The minimum absolute atomic E-state index is 0.0256. The fraction of sp³-hybridized carbons (Fsp3) is 0.214. The van der Waals surface area contributed by atoms with Crippen LogP contribution in [0.15, 0.2) is 22.7 Å². The molecule has 1 aliphatic rings. The Morgan fingerprint density at radius 1 is 1.45 bits per heavy atom. The number of carboxylic acids is 1. The number of hydrogen-bond donors (Lipinski definition) is 1. The van der Waals surface area contributed by atoms with Crippen molar-refractivity contribution < 1.29 is 19.2 Å². The number of aromatic nitrogens is 1. The molecule has 3 rings (SSSR count). The lowest BCUT2D eigenvalue weighted by Crippen LogP contribution is -2.20. The summed E-state index contributed by atoms with van der Waals surface area (Å²) in [6.07, 6.45) is 0.326. The summed E-state index contributed by atoms with van der Waals surface area (Å²) >= 11 is 0. The lowest BCUT2D eigenvalue weighted by molar-refractivity contribution is -0.117. The molecule has 102 valence electrons. The largest absolute Gasteiger partial charge is 0.476 e. The monoisotopic (exact) mass is 272 g/mol. The summed E-state index contributed by atoms with van der Waals surface area (Å²) in [7, 11) is 1.72. The maximum Gasteiger partial charge on any atom is 0.358 e. The van der Waals surface area contributed by atoms with Gasteiger partial charge in [-0.2, -0.15) is 0 Å². The van der Waals surface area contributed by atoms with Crippen molar-refractivity contribution in [2.24, 2.45) is 0 Å². The first kappa shape index (κ1) is 12.4. The van der Waals surface area contributed by atoms with Gasteiger partial charge in [0.2, 0.25) is 5.91 Å². The van der Waals surface area contributed by atoms with Crippen LogP contribution in [0.4, 0.5) is 5.69 Å². The average molecular weight is 272 g/mol. The molecule has 0 bridgehead atoms. The third-order valence-corrected chi connectivity index (χ3v) is 3.51. The van der Waals surface area contributed by atoms with E-state index >= 15 is 0 Å². The zero-order chi connectivity index (χ0) is 14.4. The van der Waals surface area contributed by atoms with Crippen LogP contribution in [0.2, 0.25) is 0 Å². The van der Waals surface area contributed by atoms with Crippen LogP contribution < -0.4 is 4.90 Å². The summed E-state index contributed by atoms with van der Waals surface area (Å²) < 4.78 is 4.96. The van der Waals surface area contributed by atoms with Gasteiger partial charge >= 0.3 is 5.97 Å². The molecule has 1 aromatic carbocycles. The summed E-state index contributed by atoms with van der Waals surface area (Å²) in [6, 6.07) is 5.41. The Bertz CT molecular complexity index is 733. The highest BCUT2D eigenvalue weighted by atomic mass is 16.5. The van der Waals surface area contributed by atoms with Gasteiger partial charge in [-0.15, -0.1) is 0 Å². The smallest absolute Gasteiger partial charge is 0.358 e. The van der Waals surface area contributed by atoms with E-state index in [1.165, 1.54) is 0 Å². The quantitative estimate of drug-likeness (QED) is 0.902. The van der Waals surface area contributed by atoms with E-state index in [1.54, 1.807) is 24.9 Å². The second-order valence-electron chi connectivity index (χ2n) is 4.74. The van der Waals surface area contributed by atoms with E-state index in [-0.39, 0.29) is 11.6 Å². The molecule has 20 heavy (non-hydrogen) atoms. The maximum atomic E-state index is 11.7. The summed E-state index contributed by atoms with van der Waals surface area (Å²) in [5.41, 5.74) is 2.78. The summed E-state index contributed by atoms with van der Waals surface area (Å²) in [6.45, 7) is 1.67. The molecule has 6 nitrogen and oxygen atoms in total. The zero-order valence-corrected chi connectivity index (χ0v) is 11.0. The molecule has 1 aromatic heterocycles. The van der Waals surface area contributed by atoms with Crippen LogP contribution in [-0.4, -0.2) is 29.2 Å². The molecular weight excluding hydrogens is 260 g/mol. The van der Waals surface area contributed by atoms with E-state index in [4.69, 9.17) is 9.63 Å². The molecule has 0 saturated heterocycles. The molecule has 0 unspecified atom stereocenters. The minimum Gasteiger partial charge on any atom is -0.476 e. The van der Waals surface area contributed by atoms with Crippen molar-refractivity contribution in [3.05, 3.63) is 35.2 Å². The van der Waals surface area contributed by atoms with Crippen molar-refractivity contribution in [3.8, 4) is 11.1 Å². The van der Waals surface area contributed by atoms with Crippen molar-refractivity contribution >= 4 is 17.6 Å². The standard InChI is InChI=1S/C14H12N2O4/c1-7-12(13(14(18)19)15-20-7)8-3-4-10-9(5-8)6-11(17)16(10)2/h3-5H,6H2,1-2H3,(H,18,19). The van der Waals surface area contributed by atoms with Gasteiger partial charge in [-0.3, -0.25) is 4.79 Å². The van der Waals surface area contributed by atoms with Gasteiger partial charge in [-0.1, -0.05) is 11.2 Å². The first-order valence-electron chi connectivity index (χ1n) is 6.08. The Hall–Kier alpha value is -2.63. The molecule has 1 N–H and O–H groups in total. The Morgan fingerprint density at radius 2 is 2.20 bits per heavy atom. The molecule has 0 saturated carbocycles. The highest BCUT2D eigenvalue weighted by Crippen LogP contribution is 2.34. The molecule has 0 spiro atoms. The number of nitrogens with zero attached hydrogens (tertiary/aromatic N) is 2. The van der Waals surface area contributed by atoms with Gasteiger partial charge in [-0.05, 0) is 30.2 Å². The number of likely N-dealkylation sites (N-methyl/N-ethyl adjacent to an activating group) is 1. The number of aromatic carboxylic acids is 1. The molecule has 2 aromatic rings. The lowest BCUT2D eigenvalue weighted by Gasteiger charge is -2.10. The number of rotatable bonds is 2. The van der Waals surface area contributed by atoms with Gasteiger partial charge in [0.15, 0.2) is 5.69 Å². The highest BCUT2D eigenvalue weighted by Gasteiger charge is 2.26. The van der Waals surface area contributed by atoms with Crippen molar-refractivity contribution in [3.63, 3.8) is 0 Å². The van der Waals surface area contributed by atoms with E-state index < -0.39 is 5.97 Å². The van der Waals surface area contributed by atoms with E-state index in [2.05, 4.69) is 5.16 Å². The van der Waals surface area contributed by atoms with Crippen molar-refractivity contribution in [2.45, 2.75) is 13.3 Å². The lowest BCUT2D eigenvalue weighted by atomic mass is 10.00. The Labute approximate surface area is 114 Å². The molecular formula is C14H12N2O4. The molecule has 0 radical (unpaired) electrons. The summed E-state index contributed by atoms with van der Waals surface area (Å²) in [4.78, 5) is 24.4. The summed E-state index contributed by atoms with van der Waals surface area (Å²) in [5.74, 6) is -0.664. The molecule has 0 atom stereocenters. The molecule has 1 amide bonds. The van der Waals surface area contributed by atoms with E-state index in [0.29, 0.717) is 23.3 Å². The van der Waals surface area contributed by atoms with Crippen LogP contribution in [0, 0.1) is 6.92 Å². The van der Waals surface area contributed by atoms with Gasteiger partial charge in [0, 0.05) is 12.7 Å². The number of anilines is 1. The minimum atomic E-state index is -1.13. The number of fused-ring (bicyclic) bond motifs is 1. The molecule has 0 aliphatic carbocycles. The normalized spacial score (nSPS) is 13.7. The van der Waals surface area contributed by atoms with E-state index in [1.807, 2.05) is 12.1 Å². The Morgan fingerprint density at radius 3 is 2.90 bits per heavy atom. The van der Waals surface area contributed by atoms with Crippen molar-refractivity contribution in [1.29, 1.82) is 0 Å². The second kappa shape index (κ2) is 4.19. The van der Waals surface area contributed by atoms with Crippen molar-refractivity contribution in [2.75, 3.05) is 11.9 Å². The highest BCUT2D eigenvalue weighted by molar-refractivity contribution is 6.02. The number of amides is 1. The SMILES string of the molecule is Cc1onc(C(=O)O)c1-c1ccc2c(c1)CC(=O)N2C. The third kappa shape index (κ3) is 1.69. The zero-order valence-electron chi connectivity index (χ0n) is 11.0. The molecule has 2 heterocycles. The van der Waals surface area contributed by atoms with Crippen LogP contribution in [0.1, 0.15) is 21.8 Å². The third-order valence-electron chi connectivity index (χ3n) is 3.51. The van der Waals surface area contributed by atoms with Crippen LogP contribution in [0.3, 0.4) is 0 Å². The Balaban J connectivity index is 2.14. The van der Waals surface area contributed by atoms with E-state index in [9.17, 15) is 9.59 Å². The van der Waals surface area contributed by atoms with Gasteiger partial charge in [0.1, 0.15) is 5.76 Å².